The van der Waals surface area contributed by atoms with E-state index in [2.05, 4.69) is 10.3 Å². The summed E-state index contributed by atoms with van der Waals surface area (Å²) in [4.78, 5) is 28.0. The summed E-state index contributed by atoms with van der Waals surface area (Å²) in [6.45, 7) is 1.71. The number of carbonyl (C=O) groups excluding carboxylic acids is 1. The van der Waals surface area contributed by atoms with Crippen LogP contribution in [0.1, 0.15) is 19.0 Å². The Hall–Kier alpha value is -1.44. The summed E-state index contributed by atoms with van der Waals surface area (Å²) in [5, 5.41) is 14.0. The van der Waals surface area contributed by atoms with Crippen LogP contribution in [0.25, 0.3) is 9.88 Å². The van der Waals surface area contributed by atoms with Crippen molar-refractivity contribution in [1.82, 2.24) is 10.3 Å². The number of thiazole rings is 1. The number of hydrogen-bond donors (Lipinski definition) is 2. The summed E-state index contributed by atoms with van der Waals surface area (Å²) >= 11 is 8.74. The second-order valence-corrected chi connectivity index (χ2v) is 6.86. The van der Waals surface area contributed by atoms with Gasteiger partial charge in [-0.25, -0.2) is 9.78 Å². The molecule has 2 N–H and O–H groups in total. The third-order valence-electron chi connectivity index (χ3n) is 2.72. The van der Waals surface area contributed by atoms with Crippen molar-refractivity contribution in [2.75, 3.05) is 0 Å². The van der Waals surface area contributed by atoms with Gasteiger partial charge in [0.15, 0.2) is 0 Å². The van der Waals surface area contributed by atoms with Crippen LogP contribution < -0.4 is 5.32 Å². The number of hydrogen-bond acceptors (Lipinski definition) is 5. The molecule has 2 aromatic heterocycles. The van der Waals surface area contributed by atoms with Gasteiger partial charge in [-0.3, -0.25) is 4.79 Å². The highest BCUT2D eigenvalue weighted by atomic mass is 35.5. The first-order chi connectivity index (χ1) is 9.99. The zero-order chi connectivity index (χ0) is 15.4. The van der Waals surface area contributed by atoms with E-state index in [0.717, 1.165) is 9.88 Å². The van der Waals surface area contributed by atoms with Crippen molar-refractivity contribution in [2.24, 2.45) is 0 Å². The van der Waals surface area contributed by atoms with E-state index in [9.17, 15) is 9.59 Å². The van der Waals surface area contributed by atoms with E-state index in [1.807, 2.05) is 6.07 Å². The van der Waals surface area contributed by atoms with Crippen molar-refractivity contribution in [3.05, 3.63) is 27.5 Å². The van der Waals surface area contributed by atoms with Crippen LogP contribution in [0, 0.1) is 0 Å². The lowest BCUT2D eigenvalue weighted by molar-refractivity contribution is -0.141. The van der Waals surface area contributed by atoms with Crippen LogP contribution in [-0.4, -0.2) is 28.0 Å². The van der Waals surface area contributed by atoms with Gasteiger partial charge in [0, 0.05) is 5.38 Å². The van der Waals surface area contributed by atoms with Crippen molar-refractivity contribution in [1.29, 1.82) is 0 Å². The van der Waals surface area contributed by atoms with Crippen LogP contribution >= 0.6 is 34.3 Å². The number of nitrogens with zero attached hydrogens (tertiary/aromatic N) is 1. The first-order valence-electron chi connectivity index (χ1n) is 6.22. The van der Waals surface area contributed by atoms with Crippen LogP contribution in [0.4, 0.5) is 0 Å². The largest absolute Gasteiger partial charge is 0.480 e. The molecule has 21 heavy (non-hydrogen) atoms. The summed E-state index contributed by atoms with van der Waals surface area (Å²) in [6, 6.07) is 2.83. The van der Waals surface area contributed by atoms with Gasteiger partial charge in [-0.05, 0) is 18.6 Å². The van der Waals surface area contributed by atoms with E-state index < -0.39 is 12.0 Å². The molecule has 5 nitrogen and oxygen atoms in total. The van der Waals surface area contributed by atoms with Gasteiger partial charge >= 0.3 is 5.97 Å². The fourth-order valence-electron chi connectivity index (χ4n) is 1.68. The zero-order valence-electron chi connectivity index (χ0n) is 11.1. The smallest absolute Gasteiger partial charge is 0.326 e. The lowest BCUT2D eigenvalue weighted by Crippen LogP contribution is -2.41. The number of thiophene rings is 1. The van der Waals surface area contributed by atoms with Crippen LogP contribution in [-0.2, 0) is 16.0 Å². The third kappa shape index (κ3) is 4.26. The minimum absolute atomic E-state index is 0.0688. The Morgan fingerprint density at radius 3 is 2.81 bits per heavy atom. The van der Waals surface area contributed by atoms with Gasteiger partial charge in [-0.1, -0.05) is 18.5 Å². The molecule has 2 aromatic rings. The zero-order valence-corrected chi connectivity index (χ0v) is 13.5. The highest BCUT2D eigenvalue weighted by molar-refractivity contribution is 7.23. The molecule has 0 aliphatic carbocycles. The summed E-state index contributed by atoms with van der Waals surface area (Å²) in [5.74, 6) is -1.37. The SMILES string of the molecule is CC[C@@H](NC(=O)Cc1csc(-c2ccc(Cl)s2)n1)C(=O)O. The van der Waals surface area contributed by atoms with Crippen LogP contribution in [0.3, 0.4) is 0 Å². The Balaban J connectivity index is 1.99. The average Bonchev–Trinajstić information content (AvgIpc) is 3.04. The average molecular weight is 345 g/mol. The van der Waals surface area contributed by atoms with Gasteiger partial charge in [0.2, 0.25) is 5.91 Å². The molecule has 0 radical (unpaired) electrons. The van der Waals surface area contributed by atoms with Crippen molar-refractivity contribution >= 4 is 46.2 Å². The van der Waals surface area contributed by atoms with Crippen LogP contribution in [0.5, 0.6) is 0 Å². The molecule has 0 spiro atoms. The van der Waals surface area contributed by atoms with Crippen LogP contribution in [0.2, 0.25) is 4.34 Å². The third-order valence-corrected chi connectivity index (χ3v) is 5.01. The number of aliphatic carboxylic acids is 1. The molecule has 0 aliphatic rings. The minimum atomic E-state index is -1.03. The van der Waals surface area contributed by atoms with Crippen molar-refractivity contribution in [2.45, 2.75) is 25.8 Å². The van der Waals surface area contributed by atoms with Gasteiger partial charge in [0.05, 0.1) is 21.3 Å². The number of amides is 1. The summed E-state index contributed by atoms with van der Waals surface area (Å²) in [5.41, 5.74) is 0.622. The molecule has 0 saturated carbocycles. The minimum Gasteiger partial charge on any atom is -0.480 e. The van der Waals surface area contributed by atoms with Gasteiger partial charge in [-0.2, -0.15) is 0 Å². The Labute approximate surface area is 134 Å². The van der Waals surface area contributed by atoms with E-state index in [4.69, 9.17) is 16.7 Å². The molecule has 1 amide bonds. The Kier molecular flexibility index (Phi) is 5.33. The highest BCUT2D eigenvalue weighted by Crippen LogP contribution is 2.32. The number of nitrogens with one attached hydrogen (secondary N) is 1. The molecule has 0 aromatic carbocycles. The second kappa shape index (κ2) is 7.02. The number of carboxylic acid groups (broad SMARTS) is 1. The molecule has 112 valence electrons. The fraction of sp³-hybridized carbons (Fsp3) is 0.308. The fourth-order valence-corrected chi connectivity index (χ4v) is 3.61. The van der Waals surface area contributed by atoms with Crippen molar-refractivity contribution in [3.8, 4) is 9.88 Å². The quantitative estimate of drug-likeness (QED) is 0.844. The summed E-state index contributed by atoms with van der Waals surface area (Å²) < 4.78 is 0.687. The highest BCUT2D eigenvalue weighted by Gasteiger charge is 2.18. The number of carbonyl (C=O) groups is 2. The monoisotopic (exact) mass is 344 g/mol. The molecule has 0 aliphatic heterocycles. The van der Waals surface area contributed by atoms with E-state index >= 15 is 0 Å². The van der Waals surface area contributed by atoms with Gasteiger partial charge < -0.3 is 10.4 Å². The predicted molar refractivity (Wildman–Crippen MR) is 84.0 cm³/mol. The maximum atomic E-state index is 11.8. The van der Waals surface area contributed by atoms with E-state index in [-0.39, 0.29) is 12.3 Å². The first-order valence-corrected chi connectivity index (χ1v) is 8.29. The Bertz CT molecular complexity index is 653. The maximum Gasteiger partial charge on any atom is 0.326 e. The van der Waals surface area contributed by atoms with Crippen LogP contribution in [0.15, 0.2) is 17.5 Å². The lowest BCUT2D eigenvalue weighted by Gasteiger charge is -2.11. The summed E-state index contributed by atoms with van der Waals surface area (Å²) in [7, 11) is 0. The molecule has 2 heterocycles. The molecular weight excluding hydrogens is 332 g/mol. The van der Waals surface area contributed by atoms with Gasteiger partial charge in [0.1, 0.15) is 11.0 Å². The second-order valence-electron chi connectivity index (χ2n) is 4.29. The maximum absolute atomic E-state index is 11.8. The molecular formula is C13H13ClN2O3S2. The van der Waals surface area contributed by atoms with Crippen molar-refractivity contribution < 1.29 is 14.7 Å². The van der Waals surface area contributed by atoms with Crippen molar-refractivity contribution in [3.63, 3.8) is 0 Å². The molecule has 2 rings (SSSR count). The molecule has 0 unspecified atom stereocenters. The Morgan fingerprint density at radius 1 is 1.48 bits per heavy atom. The lowest BCUT2D eigenvalue weighted by atomic mass is 10.2. The normalized spacial score (nSPS) is 12.1. The number of aromatic nitrogens is 1. The molecule has 0 fully saturated rings. The standard InChI is InChI=1S/C13H13ClN2O3S2/c1-2-8(13(18)19)16-11(17)5-7-6-20-12(15-7)9-3-4-10(14)21-9/h3-4,6,8H,2,5H2,1H3,(H,16,17)(H,18,19)/t8-/m1/s1. The summed E-state index contributed by atoms with van der Waals surface area (Å²) in [6.07, 6.45) is 0.413. The number of halogens is 1. The number of rotatable bonds is 6. The first kappa shape index (κ1) is 15.9. The predicted octanol–water partition coefficient (Wildman–Crippen LogP) is 3.05. The molecule has 0 bridgehead atoms. The molecule has 0 saturated heterocycles. The molecule has 8 heteroatoms. The van der Waals surface area contributed by atoms with E-state index in [1.165, 1.54) is 22.7 Å². The van der Waals surface area contributed by atoms with Gasteiger partial charge in [-0.15, -0.1) is 22.7 Å². The van der Waals surface area contributed by atoms with Gasteiger partial charge in [0.25, 0.3) is 0 Å². The Morgan fingerprint density at radius 2 is 2.24 bits per heavy atom. The van der Waals surface area contributed by atoms with E-state index in [0.29, 0.717) is 16.5 Å². The molecule has 1 atom stereocenters. The topological polar surface area (TPSA) is 79.3 Å². The number of carboxylic acids is 1. The van der Waals surface area contributed by atoms with E-state index in [1.54, 1.807) is 18.4 Å².